The normalized spacial score (nSPS) is 13.6. The molecule has 0 saturated heterocycles. The van der Waals surface area contributed by atoms with E-state index in [1.807, 2.05) is 0 Å². The third kappa shape index (κ3) is 3.15. The van der Waals surface area contributed by atoms with Gasteiger partial charge in [-0.3, -0.25) is 0 Å². The lowest BCUT2D eigenvalue weighted by molar-refractivity contribution is -0.727. The Balaban J connectivity index is 2.78. The van der Waals surface area contributed by atoms with Crippen molar-refractivity contribution in [1.29, 1.82) is 0 Å². The van der Waals surface area contributed by atoms with Gasteiger partial charge in [-0.05, 0) is 13.8 Å². The van der Waals surface area contributed by atoms with Gasteiger partial charge in [-0.15, -0.1) is 0 Å². The molecule has 0 aromatic heterocycles. The van der Waals surface area contributed by atoms with Gasteiger partial charge in [-0.25, -0.2) is 0 Å². The minimum Gasteiger partial charge on any atom is -0.338 e. The Bertz CT molecular complexity index is 251. The predicted octanol–water partition coefficient (Wildman–Crippen LogP) is 2.36. The number of quaternary nitrogens is 1. The molecule has 0 aliphatic heterocycles. The molecule has 0 saturated carbocycles. The first-order valence-electron chi connectivity index (χ1n) is 5.51. The van der Waals surface area contributed by atoms with Crippen LogP contribution in [0.15, 0.2) is 30.3 Å². The summed E-state index contributed by atoms with van der Waals surface area (Å²) in [6.07, 6.45) is 0. The maximum atomic E-state index is 2.44. The van der Waals surface area contributed by atoms with Crippen molar-refractivity contribution >= 4 is 0 Å². The highest BCUT2D eigenvalue weighted by Crippen LogP contribution is 2.16. The Hall–Kier alpha value is -0.820. The second-order valence-electron chi connectivity index (χ2n) is 4.62. The van der Waals surface area contributed by atoms with Crippen LogP contribution in [-0.2, 0) is 0 Å². The van der Waals surface area contributed by atoms with Crippen molar-refractivity contribution in [3.05, 3.63) is 35.9 Å². The van der Waals surface area contributed by atoms with Gasteiger partial charge in [0.05, 0.1) is 6.04 Å². The van der Waals surface area contributed by atoms with E-state index in [0.717, 1.165) is 0 Å². The van der Waals surface area contributed by atoms with Crippen LogP contribution in [0.25, 0.3) is 0 Å². The zero-order valence-corrected chi connectivity index (χ0v) is 9.70. The highest BCUT2D eigenvalue weighted by Gasteiger charge is 2.19. The molecule has 14 heavy (non-hydrogen) atoms. The lowest BCUT2D eigenvalue weighted by Gasteiger charge is -2.21. The summed E-state index contributed by atoms with van der Waals surface area (Å²) < 4.78 is 0. The highest BCUT2D eigenvalue weighted by molar-refractivity contribution is 5.17. The summed E-state index contributed by atoms with van der Waals surface area (Å²) >= 11 is 0. The van der Waals surface area contributed by atoms with Crippen LogP contribution in [-0.4, -0.2) is 6.04 Å². The minimum atomic E-state index is 0.594. The maximum Gasteiger partial charge on any atom is 0.114 e. The fourth-order valence-electron chi connectivity index (χ4n) is 1.81. The van der Waals surface area contributed by atoms with Gasteiger partial charge in [0.15, 0.2) is 0 Å². The summed E-state index contributed by atoms with van der Waals surface area (Å²) in [5.41, 5.74) is 1.44. The molecule has 1 aromatic carbocycles. The molecule has 0 amide bonds. The smallest absolute Gasteiger partial charge is 0.114 e. The first kappa shape index (κ1) is 11.3. The molecule has 0 spiro atoms. The molecule has 1 rings (SSSR count). The topological polar surface area (TPSA) is 16.6 Å². The van der Waals surface area contributed by atoms with E-state index >= 15 is 0 Å². The van der Waals surface area contributed by atoms with Crippen molar-refractivity contribution in [3.8, 4) is 0 Å². The van der Waals surface area contributed by atoms with Crippen LogP contribution in [0.5, 0.6) is 0 Å². The van der Waals surface area contributed by atoms with E-state index < -0.39 is 0 Å². The Kier molecular flexibility index (Phi) is 4.15. The molecule has 1 nitrogen and oxygen atoms in total. The molecule has 0 aliphatic rings. The fourth-order valence-corrected chi connectivity index (χ4v) is 1.81. The molecule has 1 aromatic rings. The largest absolute Gasteiger partial charge is 0.338 e. The van der Waals surface area contributed by atoms with Crippen molar-refractivity contribution in [2.24, 2.45) is 5.92 Å². The van der Waals surface area contributed by atoms with E-state index in [1.165, 1.54) is 5.56 Å². The number of nitrogens with two attached hydrogens (primary N) is 1. The number of hydrogen-bond acceptors (Lipinski definition) is 0. The third-order valence-corrected chi connectivity index (χ3v) is 2.49. The molecular formula is C13H22N+. The average molecular weight is 192 g/mol. The van der Waals surface area contributed by atoms with Gasteiger partial charge >= 0.3 is 0 Å². The first-order valence-corrected chi connectivity index (χ1v) is 5.51. The molecule has 1 heteroatoms. The van der Waals surface area contributed by atoms with Crippen molar-refractivity contribution in [1.82, 2.24) is 0 Å². The molecule has 0 unspecified atom stereocenters. The van der Waals surface area contributed by atoms with Gasteiger partial charge in [0.25, 0.3) is 0 Å². The SMILES string of the molecule is CC(C)[NH2+][C@@H](c1ccccc1)C(C)C. The monoisotopic (exact) mass is 192 g/mol. The fraction of sp³-hybridized carbons (Fsp3) is 0.538. The summed E-state index contributed by atoms with van der Waals surface area (Å²) in [6, 6.07) is 12.0. The van der Waals surface area contributed by atoms with Crippen LogP contribution in [0.2, 0.25) is 0 Å². The molecule has 0 radical (unpaired) electrons. The van der Waals surface area contributed by atoms with Gasteiger partial charge in [0, 0.05) is 11.5 Å². The summed E-state index contributed by atoms with van der Waals surface area (Å²) in [5.74, 6) is 0.680. The van der Waals surface area contributed by atoms with Crippen LogP contribution in [0.4, 0.5) is 0 Å². The van der Waals surface area contributed by atoms with Gasteiger partial charge in [-0.2, -0.15) is 0 Å². The molecular weight excluding hydrogens is 170 g/mol. The van der Waals surface area contributed by atoms with Gasteiger partial charge in [0.1, 0.15) is 6.04 Å². The zero-order valence-electron chi connectivity index (χ0n) is 9.70. The average Bonchev–Trinajstić information content (AvgIpc) is 2.15. The predicted molar refractivity (Wildman–Crippen MR) is 61.1 cm³/mol. The van der Waals surface area contributed by atoms with Crippen molar-refractivity contribution in [2.75, 3.05) is 0 Å². The summed E-state index contributed by atoms with van der Waals surface area (Å²) in [4.78, 5) is 0. The summed E-state index contributed by atoms with van der Waals surface area (Å²) in [5, 5.41) is 2.44. The van der Waals surface area contributed by atoms with E-state index in [2.05, 4.69) is 63.3 Å². The van der Waals surface area contributed by atoms with E-state index in [9.17, 15) is 0 Å². The van der Waals surface area contributed by atoms with E-state index in [0.29, 0.717) is 18.0 Å². The van der Waals surface area contributed by atoms with Crippen LogP contribution < -0.4 is 5.32 Å². The standard InChI is InChI=1S/C13H21N/c1-10(2)13(14-11(3)4)12-8-6-5-7-9-12/h5-11,13-14H,1-4H3/p+1/t13-/m1/s1. The number of hydrogen-bond donors (Lipinski definition) is 1. The minimum absolute atomic E-state index is 0.594. The Labute approximate surface area is 87.5 Å². The molecule has 0 aliphatic carbocycles. The van der Waals surface area contributed by atoms with Gasteiger partial charge < -0.3 is 5.32 Å². The van der Waals surface area contributed by atoms with E-state index in [1.54, 1.807) is 0 Å². The Morgan fingerprint density at radius 2 is 1.50 bits per heavy atom. The second kappa shape index (κ2) is 5.16. The third-order valence-electron chi connectivity index (χ3n) is 2.49. The van der Waals surface area contributed by atoms with Crippen LogP contribution >= 0.6 is 0 Å². The quantitative estimate of drug-likeness (QED) is 0.754. The molecule has 1 atom stereocenters. The van der Waals surface area contributed by atoms with Crippen LogP contribution in [0.1, 0.15) is 39.3 Å². The molecule has 0 bridgehead atoms. The Morgan fingerprint density at radius 1 is 0.929 bits per heavy atom. The highest BCUT2D eigenvalue weighted by atomic mass is 14.9. The van der Waals surface area contributed by atoms with Crippen LogP contribution in [0.3, 0.4) is 0 Å². The van der Waals surface area contributed by atoms with Gasteiger partial charge in [-0.1, -0.05) is 44.2 Å². The lowest BCUT2D eigenvalue weighted by Crippen LogP contribution is -2.90. The van der Waals surface area contributed by atoms with Gasteiger partial charge in [0.2, 0.25) is 0 Å². The molecule has 2 N–H and O–H groups in total. The van der Waals surface area contributed by atoms with E-state index in [-0.39, 0.29) is 0 Å². The maximum absolute atomic E-state index is 2.44. The number of benzene rings is 1. The molecule has 78 valence electrons. The first-order chi connectivity index (χ1) is 6.61. The number of rotatable bonds is 4. The van der Waals surface area contributed by atoms with Crippen molar-refractivity contribution in [2.45, 2.75) is 39.8 Å². The molecule has 0 fully saturated rings. The Morgan fingerprint density at radius 3 is 1.93 bits per heavy atom. The summed E-state index contributed by atoms with van der Waals surface area (Å²) in [7, 11) is 0. The second-order valence-corrected chi connectivity index (χ2v) is 4.62. The summed E-state index contributed by atoms with van der Waals surface area (Å²) in [6.45, 7) is 9.07. The van der Waals surface area contributed by atoms with Crippen molar-refractivity contribution < 1.29 is 5.32 Å². The lowest BCUT2D eigenvalue weighted by atomic mass is 9.95. The van der Waals surface area contributed by atoms with Crippen molar-refractivity contribution in [3.63, 3.8) is 0 Å². The van der Waals surface area contributed by atoms with Crippen LogP contribution in [0, 0.1) is 5.92 Å². The molecule has 0 heterocycles. The van der Waals surface area contributed by atoms with E-state index in [4.69, 9.17) is 0 Å². The zero-order chi connectivity index (χ0) is 10.6.